The monoisotopic (exact) mass is 346 g/mol. The molecule has 0 spiro atoms. The van der Waals surface area contributed by atoms with Gasteiger partial charge in [0.2, 0.25) is 5.91 Å². The number of pyridine rings is 1. The molecule has 0 radical (unpaired) electrons. The van der Waals surface area contributed by atoms with Crippen LogP contribution in [-0.2, 0) is 17.6 Å². The van der Waals surface area contributed by atoms with Gasteiger partial charge in [-0.2, -0.15) is 0 Å². The average molecular weight is 346 g/mol. The maximum Gasteiger partial charge on any atom is 0.220 e. The molecule has 0 fully saturated rings. The third kappa shape index (κ3) is 3.20. The van der Waals surface area contributed by atoms with Crippen LogP contribution in [0.2, 0.25) is 0 Å². The normalized spacial score (nSPS) is 11.3. The summed E-state index contributed by atoms with van der Waals surface area (Å²) in [7, 11) is 0. The van der Waals surface area contributed by atoms with Crippen LogP contribution >= 0.6 is 0 Å². The summed E-state index contributed by atoms with van der Waals surface area (Å²) in [6.07, 6.45) is 6.01. The Labute approximate surface area is 152 Å². The zero-order valence-electron chi connectivity index (χ0n) is 14.8. The Balaban J connectivity index is 1.32. The number of para-hydroxylation sites is 1. The lowest BCUT2D eigenvalue weighted by Crippen LogP contribution is -2.26. The van der Waals surface area contributed by atoms with Crippen molar-refractivity contribution in [3.63, 3.8) is 0 Å². The van der Waals surface area contributed by atoms with Crippen molar-refractivity contribution in [2.45, 2.75) is 26.2 Å². The maximum absolute atomic E-state index is 12.2. The summed E-state index contributed by atoms with van der Waals surface area (Å²) >= 11 is 0. The van der Waals surface area contributed by atoms with Crippen molar-refractivity contribution in [2.24, 2.45) is 0 Å². The van der Waals surface area contributed by atoms with Crippen molar-refractivity contribution in [1.82, 2.24) is 19.7 Å². The summed E-state index contributed by atoms with van der Waals surface area (Å²) in [5.41, 5.74) is 5.39. The van der Waals surface area contributed by atoms with Crippen molar-refractivity contribution < 1.29 is 4.79 Å². The number of rotatable bonds is 6. The summed E-state index contributed by atoms with van der Waals surface area (Å²) in [5, 5.41) is 4.26. The number of carbonyl (C=O) groups is 1. The van der Waals surface area contributed by atoms with Gasteiger partial charge in [-0.3, -0.25) is 4.79 Å². The highest BCUT2D eigenvalue weighted by Gasteiger charge is 2.10. The topological polar surface area (TPSA) is 62.2 Å². The van der Waals surface area contributed by atoms with Gasteiger partial charge in [-0.25, -0.2) is 4.98 Å². The number of carbonyl (C=O) groups excluding carboxylic acids is 1. The largest absolute Gasteiger partial charge is 0.361 e. The van der Waals surface area contributed by atoms with Gasteiger partial charge < -0.3 is 14.7 Å². The minimum atomic E-state index is 0.0788. The van der Waals surface area contributed by atoms with Gasteiger partial charge in [-0.15, -0.1) is 0 Å². The lowest BCUT2D eigenvalue weighted by atomic mass is 10.1. The second-order valence-corrected chi connectivity index (χ2v) is 6.53. The minimum absolute atomic E-state index is 0.0788. The second-order valence-electron chi connectivity index (χ2n) is 6.53. The number of fused-ring (bicyclic) bond motifs is 2. The van der Waals surface area contributed by atoms with E-state index in [-0.39, 0.29) is 5.91 Å². The van der Waals surface area contributed by atoms with Gasteiger partial charge in [-0.1, -0.05) is 24.3 Å². The van der Waals surface area contributed by atoms with E-state index in [4.69, 9.17) is 0 Å². The van der Waals surface area contributed by atoms with Gasteiger partial charge in [0, 0.05) is 42.0 Å². The number of hydrogen-bond donors (Lipinski definition) is 2. The van der Waals surface area contributed by atoms with Gasteiger partial charge in [-0.05, 0) is 43.5 Å². The molecule has 3 aromatic heterocycles. The zero-order chi connectivity index (χ0) is 17.9. The maximum atomic E-state index is 12.2. The summed E-state index contributed by atoms with van der Waals surface area (Å²) in [6.45, 7) is 2.64. The molecule has 0 saturated carbocycles. The molecule has 0 aliphatic carbocycles. The van der Waals surface area contributed by atoms with Gasteiger partial charge in [0.05, 0.1) is 5.69 Å². The van der Waals surface area contributed by atoms with E-state index in [2.05, 4.69) is 31.8 Å². The van der Waals surface area contributed by atoms with Crippen LogP contribution in [0.15, 0.2) is 54.9 Å². The van der Waals surface area contributed by atoms with Crippen molar-refractivity contribution in [1.29, 1.82) is 0 Å². The SMILES string of the molecule is Cc1nc2ccccn2c1CCC(=O)NCCc1c[nH]c2ccccc12. The summed E-state index contributed by atoms with van der Waals surface area (Å²) in [4.78, 5) is 20.0. The first-order valence-electron chi connectivity index (χ1n) is 8.96. The van der Waals surface area contributed by atoms with E-state index in [0.717, 1.165) is 29.0 Å². The van der Waals surface area contributed by atoms with Crippen LogP contribution in [0.1, 0.15) is 23.4 Å². The van der Waals surface area contributed by atoms with Crippen molar-refractivity contribution in [2.75, 3.05) is 6.54 Å². The molecule has 0 aliphatic heterocycles. The van der Waals surface area contributed by atoms with E-state index in [1.807, 2.05) is 49.6 Å². The Kier molecular flexibility index (Phi) is 4.44. The highest BCUT2D eigenvalue weighted by atomic mass is 16.1. The Hall–Kier alpha value is -3.08. The number of nitrogens with zero attached hydrogens (tertiary/aromatic N) is 2. The van der Waals surface area contributed by atoms with E-state index in [1.165, 1.54) is 10.9 Å². The Morgan fingerprint density at radius 1 is 1.15 bits per heavy atom. The third-order valence-corrected chi connectivity index (χ3v) is 4.81. The Morgan fingerprint density at radius 3 is 2.92 bits per heavy atom. The average Bonchev–Trinajstić information content (AvgIpc) is 3.20. The van der Waals surface area contributed by atoms with E-state index in [1.54, 1.807) is 0 Å². The fourth-order valence-corrected chi connectivity index (χ4v) is 3.46. The van der Waals surface area contributed by atoms with Crippen LogP contribution in [0.5, 0.6) is 0 Å². The van der Waals surface area contributed by atoms with Crippen molar-refractivity contribution in [3.05, 3.63) is 71.8 Å². The molecule has 0 atom stereocenters. The lowest BCUT2D eigenvalue weighted by molar-refractivity contribution is -0.121. The fraction of sp³-hybridized carbons (Fsp3) is 0.238. The highest BCUT2D eigenvalue weighted by molar-refractivity contribution is 5.83. The standard InChI is InChI=1S/C21H22N4O/c1-15-19(25-13-5-4-8-20(25)24-15)9-10-21(26)22-12-11-16-14-23-18-7-3-2-6-17(16)18/h2-8,13-14,23H,9-12H2,1H3,(H,22,26). The number of hydrogen-bond acceptors (Lipinski definition) is 2. The highest BCUT2D eigenvalue weighted by Crippen LogP contribution is 2.18. The van der Waals surface area contributed by atoms with Gasteiger partial charge in [0.15, 0.2) is 0 Å². The summed E-state index contributed by atoms with van der Waals surface area (Å²) in [5.74, 6) is 0.0788. The Bertz CT molecular complexity index is 1060. The molecule has 132 valence electrons. The molecule has 5 nitrogen and oxygen atoms in total. The number of nitrogens with one attached hydrogen (secondary N) is 2. The molecule has 4 rings (SSSR count). The molecule has 1 amide bonds. The zero-order valence-corrected chi connectivity index (χ0v) is 14.8. The first-order chi connectivity index (χ1) is 12.7. The fourth-order valence-electron chi connectivity index (χ4n) is 3.46. The molecule has 5 heteroatoms. The van der Waals surface area contributed by atoms with E-state index < -0.39 is 0 Å². The number of imidazole rings is 1. The molecule has 1 aromatic carbocycles. The predicted octanol–water partition coefficient (Wildman–Crippen LogP) is 3.42. The van der Waals surface area contributed by atoms with Crippen LogP contribution in [0.25, 0.3) is 16.6 Å². The first kappa shape index (κ1) is 16.4. The smallest absolute Gasteiger partial charge is 0.220 e. The van der Waals surface area contributed by atoms with E-state index in [9.17, 15) is 4.79 Å². The van der Waals surface area contributed by atoms with Crippen LogP contribution in [0, 0.1) is 6.92 Å². The molecule has 2 N–H and O–H groups in total. The number of aromatic nitrogens is 3. The molecule has 0 aliphatic rings. The molecular formula is C21H22N4O. The number of aromatic amines is 1. The second kappa shape index (κ2) is 7.04. The Morgan fingerprint density at radius 2 is 2.00 bits per heavy atom. The van der Waals surface area contributed by atoms with Gasteiger partial charge in [0.1, 0.15) is 5.65 Å². The molecule has 0 unspecified atom stereocenters. The van der Waals surface area contributed by atoms with Gasteiger partial charge >= 0.3 is 0 Å². The molecule has 26 heavy (non-hydrogen) atoms. The predicted molar refractivity (Wildman–Crippen MR) is 103 cm³/mol. The lowest BCUT2D eigenvalue weighted by Gasteiger charge is -2.06. The minimum Gasteiger partial charge on any atom is -0.361 e. The van der Waals surface area contributed by atoms with Crippen LogP contribution < -0.4 is 5.32 Å². The quantitative estimate of drug-likeness (QED) is 0.562. The van der Waals surface area contributed by atoms with Crippen molar-refractivity contribution in [3.8, 4) is 0 Å². The third-order valence-electron chi connectivity index (χ3n) is 4.81. The number of aryl methyl sites for hydroxylation is 2. The molecule has 0 bridgehead atoms. The number of benzene rings is 1. The molecule has 3 heterocycles. The molecular weight excluding hydrogens is 324 g/mol. The molecule has 4 aromatic rings. The summed E-state index contributed by atoms with van der Waals surface area (Å²) in [6, 6.07) is 14.2. The van der Waals surface area contributed by atoms with Crippen LogP contribution in [-0.4, -0.2) is 26.8 Å². The first-order valence-corrected chi connectivity index (χ1v) is 8.96. The van der Waals surface area contributed by atoms with Crippen LogP contribution in [0.3, 0.4) is 0 Å². The summed E-state index contributed by atoms with van der Waals surface area (Å²) < 4.78 is 2.06. The van der Waals surface area contributed by atoms with E-state index >= 15 is 0 Å². The number of amides is 1. The van der Waals surface area contributed by atoms with E-state index in [0.29, 0.717) is 19.4 Å². The van der Waals surface area contributed by atoms with Gasteiger partial charge in [0.25, 0.3) is 0 Å². The molecule has 0 saturated heterocycles. The van der Waals surface area contributed by atoms with Crippen molar-refractivity contribution >= 4 is 22.5 Å². The number of H-pyrrole nitrogens is 1. The van der Waals surface area contributed by atoms with Crippen LogP contribution in [0.4, 0.5) is 0 Å².